The Morgan fingerprint density at radius 2 is 2.11 bits per heavy atom. The first-order valence-corrected chi connectivity index (χ1v) is 6.97. The third-order valence-electron chi connectivity index (χ3n) is 3.87. The average molecular weight is 242 g/mol. The van der Waals surface area contributed by atoms with Gasteiger partial charge in [0.2, 0.25) is 0 Å². The minimum Gasteiger partial charge on any atom is -0.306 e. The lowest BCUT2D eigenvalue weighted by atomic mass is 9.86. The van der Waals surface area contributed by atoms with Crippen molar-refractivity contribution < 1.29 is 0 Å². The summed E-state index contributed by atoms with van der Waals surface area (Å²) in [7, 11) is 0. The third kappa shape index (κ3) is 3.58. The van der Waals surface area contributed by atoms with E-state index >= 15 is 0 Å². The van der Waals surface area contributed by atoms with Crippen LogP contribution in [0.4, 0.5) is 0 Å². The monoisotopic (exact) mass is 242 g/mol. The number of nitrogens with zero attached hydrogens (tertiary/aromatic N) is 1. The topological polar surface area (TPSA) is 35.8 Å². The number of rotatable bonds is 4. The average Bonchev–Trinajstić information content (AvgIpc) is 2.39. The van der Waals surface area contributed by atoms with E-state index in [4.69, 9.17) is 5.26 Å². The molecule has 0 spiro atoms. The molecule has 2 heteroatoms. The van der Waals surface area contributed by atoms with Crippen LogP contribution in [0, 0.1) is 17.2 Å². The van der Waals surface area contributed by atoms with Gasteiger partial charge in [-0.15, -0.1) is 0 Å². The van der Waals surface area contributed by atoms with Crippen molar-refractivity contribution in [3.63, 3.8) is 0 Å². The van der Waals surface area contributed by atoms with Crippen molar-refractivity contribution in [2.75, 3.05) is 0 Å². The SMILES string of the molecule is CC1CCCC(NC(CC#N)c2ccccc2)C1. The molecule has 3 unspecified atom stereocenters. The Morgan fingerprint density at radius 3 is 2.78 bits per heavy atom. The first-order valence-electron chi connectivity index (χ1n) is 6.97. The number of hydrogen-bond donors (Lipinski definition) is 1. The zero-order valence-electron chi connectivity index (χ0n) is 11.1. The molecule has 1 aromatic carbocycles. The highest BCUT2D eigenvalue weighted by atomic mass is 15.0. The van der Waals surface area contributed by atoms with Crippen molar-refractivity contribution in [3.05, 3.63) is 35.9 Å². The Kier molecular flexibility index (Phi) is 4.78. The lowest BCUT2D eigenvalue weighted by Crippen LogP contribution is -2.36. The summed E-state index contributed by atoms with van der Waals surface area (Å²) in [5, 5.41) is 12.7. The van der Waals surface area contributed by atoms with E-state index in [1.54, 1.807) is 0 Å². The van der Waals surface area contributed by atoms with Gasteiger partial charge < -0.3 is 5.32 Å². The van der Waals surface area contributed by atoms with Gasteiger partial charge in [-0.25, -0.2) is 0 Å². The maximum Gasteiger partial charge on any atom is 0.0641 e. The second-order valence-electron chi connectivity index (χ2n) is 5.46. The van der Waals surface area contributed by atoms with Crippen molar-refractivity contribution in [3.8, 4) is 6.07 Å². The molecule has 2 nitrogen and oxygen atoms in total. The number of benzene rings is 1. The summed E-state index contributed by atoms with van der Waals surface area (Å²) in [5.41, 5.74) is 1.23. The van der Waals surface area contributed by atoms with Gasteiger partial charge >= 0.3 is 0 Å². The molecular weight excluding hydrogens is 220 g/mol. The largest absolute Gasteiger partial charge is 0.306 e. The predicted octanol–water partition coefficient (Wildman–Crippen LogP) is 3.81. The molecule has 1 saturated carbocycles. The highest BCUT2D eigenvalue weighted by Gasteiger charge is 2.22. The van der Waals surface area contributed by atoms with Gasteiger partial charge in [-0.1, -0.05) is 50.1 Å². The molecule has 0 aliphatic heterocycles. The summed E-state index contributed by atoms with van der Waals surface area (Å²) in [6.07, 6.45) is 5.71. The van der Waals surface area contributed by atoms with Gasteiger partial charge in [0.15, 0.2) is 0 Å². The fraction of sp³-hybridized carbons (Fsp3) is 0.562. The summed E-state index contributed by atoms with van der Waals surface area (Å²) in [6, 6.07) is 13.4. The first-order chi connectivity index (χ1) is 8.79. The molecule has 0 saturated heterocycles. The first kappa shape index (κ1) is 13.1. The van der Waals surface area contributed by atoms with E-state index < -0.39 is 0 Å². The second-order valence-corrected chi connectivity index (χ2v) is 5.46. The van der Waals surface area contributed by atoms with E-state index in [1.807, 2.05) is 18.2 Å². The van der Waals surface area contributed by atoms with Crippen LogP contribution in [0.25, 0.3) is 0 Å². The Bertz CT molecular complexity index is 393. The fourth-order valence-electron chi connectivity index (χ4n) is 2.92. The molecule has 1 aromatic rings. The van der Waals surface area contributed by atoms with Crippen LogP contribution in [0.1, 0.15) is 50.6 Å². The molecule has 1 N–H and O–H groups in total. The van der Waals surface area contributed by atoms with Crippen LogP contribution >= 0.6 is 0 Å². The van der Waals surface area contributed by atoms with E-state index in [0.717, 1.165) is 5.92 Å². The van der Waals surface area contributed by atoms with Crippen LogP contribution < -0.4 is 5.32 Å². The van der Waals surface area contributed by atoms with E-state index in [0.29, 0.717) is 12.5 Å². The van der Waals surface area contributed by atoms with Crippen molar-refractivity contribution in [1.29, 1.82) is 5.26 Å². The predicted molar refractivity (Wildman–Crippen MR) is 74.0 cm³/mol. The van der Waals surface area contributed by atoms with Gasteiger partial charge in [0, 0.05) is 12.1 Å². The summed E-state index contributed by atoms with van der Waals surface area (Å²) >= 11 is 0. The minimum absolute atomic E-state index is 0.187. The highest BCUT2D eigenvalue weighted by molar-refractivity contribution is 5.20. The van der Waals surface area contributed by atoms with Crippen molar-refractivity contribution >= 4 is 0 Å². The fourth-order valence-corrected chi connectivity index (χ4v) is 2.92. The molecule has 0 radical (unpaired) electrons. The Labute approximate surface area is 110 Å². The summed E-state index contributed by atoms with van der Waals surface area (Å²) < 4.78 is 0. The van der Waals surface area contributed by atoms with Crippen molar-refractivity contribution in [2.24, 2.45) is 5.92 Å². The van der Waals surface area contributed by atoms with Crippen LogP contribution in [0.2, 0.25) is 0 Å². The van der Waals surface area contributed by atoms with E-state index in [9.17, 15) is 0 Å². The van der Waals surface area contributed by atoms with E-state index in [1.165, 1.54) is 31.2 Å². The van der Waals surface area contributed by atoms with Gasteiger partial charge in [0.1, 0.15) is 0 Å². The molecular formula is C16H22N2. The van der Waals surface area contributed by atoms with Gasteiger partial charge in [-0.05, 0) is 24.3 Å². The number of hydrogen-bond acceptors (Lipinski definition) is 2. The Morgan fingerprint density at radius 1 is 1.33 bits per heavy atom. The zero-order valence-corrected chi connectivity index (χ0v) is 11.1. The molecule has 0 amide bonds. The second kappa shape index (κ2) is 6.56. The maximum atomic E-state index is 8.99. The zero-order chi connectivity index (χ0) is 12.8. The van der Waals surface area contributed by atoms with Crippen LogP contribution in [0.15, 0.2) is 30.3 Å². The van der Waals surface area contributed by atoms with Crippen LogP contribution in [0.3, 0.4) is 0 Å². The lowest BCUT2D eigenvalue weighted by molar-refractivity contribution is 0.281. The third-order valence-corrected chi connectivity index (χ3v) is 3.87. The van der Waals surface area contributed by atoms with Gasteiger partial charge in [0.25, 0.3) is 0 Å². The summed E-state index contributed by atoms with van der Waals surface area (Å²) in [4.78, 5) is 0. The Hall–Kier alpha value is -1.33. The molecule has 3 atom stereocenters. The van der Waals surface area contributed by atoms with Crippen LogP contribution in [0.5, 0.6) is 0 Å². The van der Waals surface area contributed by atoms with Gasteiger partial charge in [0.05, 0.1) is 12.5 Å². The van der Waals surface area contributed by atoms with Crippen molar-refractivity contribution in [1.82, 2.24) is 5.32 Å². The quantitative estimate of drug-likeness (QED) is 0.871. The molecule has 1 aliphatic rings. The molecule has 1 aliphatic carbocycles. The molecule has 0 heterocycles. The Balaban J connectivity index is 2.00. The maximum absolute atomic E-state index is 8.99. The summed E-state index contributed by atoms with van der Waals surface area (Å²) in [5.74, 6) is 0.815. The molecule has 18 heavy (non-hydrogen) atoms. The van der Waals surface area contributed by atoms with Crippen molar-refractivity contribution in [2.45, 2.75) is 51.1 Å². The minimum atomic E-state index is 0.187. The van der Waals surface area contributed by atoms with Gasteiger partial charge in [-0.3, -0.25) is 0 Å². The molecule has 2 rings (SSSR count). The smallest absolute Gasteiger partial charge is 0.0641 e. The van der Waals surface area contributed by atoms with E-state index in [2.05, 4.69) is 30.4 Å². The molecule has 1 fully saturated rings. The molecule has 96 valence electrons. The standard InChI is InChI=1S/C16H22N2/c1-13-6-5-9-15(12-13)18-16(10-11-17)14-7-3-2-4-8-14/h2-4,7-8,13,15-16,18H,5-6,9-10,12H2,1H3. The van der Waals surface area contributed by atoms with E-state index in [-0.39, 0.29) is 6.04 Å². The molecule has 0 aromatic heterocycles. The number of nitriles is 1. The van der Waals surface area contributed by atoms with Crippen LogP contribution in [-0.4, -0.2) is 6.04 Å². The normalized spacial score (nSPS) is 25.3. The highest BCUT2D eigenvalue weighted by Crippen LogP contribution is 2.26. The molecule has 0 bridgehead atoms. The van der Waals surface area contributed by atoms with Crippen LogP contribution in [-0.2, 0) is 0 Å². The number of nitrogens with one attached hydrogen (secondary N) is 1. The summed E-state index contributed by atoms with van der Waals surface area (Å²) in [6.45, 7) is 2.33. The lowest BCUT2D eigenvalue weighted by Gasteiger charge is -2.31. The van der Waals surface area contributed by atoms with Gasteiger partial charge in [-0.2, -0.15) is 5.26 Å².